The van der Waals surface area contributed by atoms with Gasteiger partial charge in [0.15, 0.2) is 0 Å². The maximum absolute atomic E-state index is 11.9. The van der Waals surface area contributed by atoms with Crippen molar-refractivity contribution in [1.29, 1.82) is 0 Å². The summed E-state index contributed by atoms with van der Waals surface area (Å²) in [6.45, 7) is 5.49. The summed E-state index contributed by atoms with van der Waals surface area (Å²) in [6.07, 6.45) is 3.68. The molecule has 7 nitrogen and oxygen atoms in total. The Bertz CT molecular complexity index is 493. The number of hydrogen-bond acceptors (Lipinski definition) is 5. The van der Waals surface area contributed by atoms with Gasteiger partial charge < -0.3 is 10.2 Å². The Balaban J connectivity index is 1.72. The van der Waals surface area contributed by atoms with Crippen molar-refractivity contribution >= 4 is 10.0 Å². The van der Waals surface area contributed by atoms with Crippen LogP contribution < -0.4 is 10.0 Å². The fourth-order valence-electron chi connectivity index (χ4n) is 2.06. The third kappa shape index (κ3) is 4.27. The first-order chi connectivity index (χ1) is 9.08. The van der Waals surface area contributed by atoms with Gasteiger partial charge in [-0.25, -0.2) is 13.1 Å². The minimum absolute atomic E-state index is 0.220. The Labute approximate surface area is 114 Å². The van der Waals surface area contributed by atoms with Gasteiger partial charge in [0.1, 0.15) is 4.90 Å². The molecule has 1 aromatic heterocycles. The van der Waals surface area contributed by atoms with Crippen LogP contribution in [0.4, 0.5) is 0 Å². The van der Waals surface area contributed by atoms with E-state index in [9.17, 15) is 8.42 Å². The van der Waals surface area contributed by atoms with Crippen molar-refractivity contribution in [2.45, 2.75) is 11.3 Å². The highest BCUT2D eigenvalue weighted by Gasteiger charge is 2.15. The highest BCUT2D eigenvalue weighted by molar-refractivity contribution is 7.89. The second-order valence-electron chi connectivity index (χ2n) is 4.69. The van der Waals surface area contributed by atoms with Gasteiger partial charge in [-0.3, -0.25) is 4.68 Å². The number of aromatic nitrogens is 2. The summed E-state index contributed by atoms with van der Waals surface area (Å²) >= 11 is 0. The predicted octanol–water partition coefficient (Wildman–Crippen LogP) is -1.01. The van der Waals surface area contributed by atoms with Crippen LogP contribution in [0.25, 0.3) is 0 Å². The van der Waals surface area contributed by atoms with Gasteiger partial charge in [0.05, 0.1) is 6.20 Å². The van der Waals surface area contributed by atoms with E-state index in [-0.39, 0.29) is 4.90 Å². The van der Waals surface area contributed by atoms with Crippen molar-refractivity contribution in [2.24, 2.45) is 7.05 Å². The average Bonchev–Trinajstić information content (AvgIpc) is 2.84. The number of sulfonamides is 1. The summed E-state index contributed by atoms with van der Waals surface area (Å²) in [6, 6.07) is 0. The van der Waals surface area contributed by atoms with Crippen LogP contribution in [-0.4, -0.2) is 62.4 Å². The molecule has 0 bridgehead atoms. The van der Waals surface area contributed by atoms with E-state index in [1.165, 1.54) is 17.1 Å². The second-order valence-corrected chi connectivity index (χ2v) is 6.46. The fraction of sp³-hybridized carbons (Fsp3) is 0.727. The molecular weight excluding hydrogens is 266 g/mol. The zero-order valence-corrected chi connectivity index (χ0v) is 12.0. The first-order valence-electron chi connectivity index (χ1n) is 6.49. The second kappa shape index (κ2) is 6.47. The standard InChI is InChI=1S/C11H21N5O2S/c1-15-10-11(9-13-15)19(17,18)14-3-2-6-16-7-4-12-5-8-16/h9-10,12,14H,2-8H2,1H3. The highest BCUT2D eigenvalue weighted by atomic mass is 32.2. The van der Waals surface area contributed by atoms with Crippen LogP contribution in [0.1, 0.15) is 6.42 Å². The van der Waals surface area contributed by atoms with E-state index in [1.54, 1.807) is 7.05 Å². The average molecular weight is 287 g/mol. The Hall–Kier alpha value is -0.960. The maximum atomic E-state index is 11.9. The van der Waals surface area contributed by atoms with Crippen molar-refractivity contribution in [3.8, 4) is 0 Å². The molecule has 0 spiro atoms. The molecule has 0 unspecified atom stereocenters. The third-order valence-electron chi connectivity index (χ3n) is 3.14. The largest absolute Gasteiger partial charge is 0.314 e. The number of aryl methyl sites for hydroxylation is 1. The normalized spacial score (nSPS) is 17.7. The van der Waals surface area contributed by atoms with E-state index < -0.39 is 10.0 Å². The smallest absolute Gasteiger partial charge is 0.243 e. The maximum Gasteiger partial charge on any atom is 0.243 e. The fourth-order valence-corrected chi connectivity index (χ4v) is 3.12. The van der Waals surface area contributed by atoms with Crippen molar-refractivity contribution in [3.05, 3.63) is 12.4 Å². The summed E-state index contributed by atoms with van der Waals surface area (Å²) in [5.41, 5.74) is 0. The molecule has 0 aromatic carbocycles. The minimum Gasteiger partial charge on any atom is -0.314 e. The molecule has 1 fully saturated rings. The van der Waals surface area contributed by atoms with E-state index in [0.29, 0.717) is 6.54 Å². The van der Waals surface area contributed by atoms with Crippen LogP contribution in [0.15, 0.2) is 17.3 Å². The Morgan fingerprint density at radius 1 is 1.42 bits per heavy atom. The Morgan fingerprint density at radius 3 is 2.79 bits per heavy atom. The molecule has 0 aliphatic carbocycles. The third-order valence-corrected chi connectivity index (χ3v) is 4.56. The first-order valence-corrected chi connectivity index (χ1v) is 7.98. The van der Waals surface area contributed by atoms with Crippen LogP contribution in [0, 0.1) is 0 Å². The number of nitrogens with one attached hydrogen (secondary N) is 2. The number of rotatable bonds is 6. The molecule has 8 heteroatoms. The molecule has 2 heterocycles. The van der Waals surface area contributed by atoms with E-state index >= 15 is 0 Å². The molecule has 1 saturated heterocycles. The zero-order chi connectivity index (χ0) is 13.7. The van der Waals surface area contributed by atoms with E-state index in [0.717, 1.165) is 39.1 Å². The summed E-state index contributed by atoms with van der Waals surface area (Å²) in [5, 5.41) is 7.16. The van der Waals surface area contributed by atoms with Crippen LogP contribution in [0.5, 0.6) is 0 Å². The summed E-state index contributed by atoms with van der Waals surface area (Å²) < 4.78 is 27.9. The summed E-state index contributed by atoms with van der Waals surface area (Å²) in [7, 11) is -1.71. The number of nitrogens with zero attached hydrogens (tertiary/aromatic N) is 3. The van der Waals surface area contributed by atoms with Gasteiger partial charge in [-0.1, -0.05) is 0 Å². The van der Waals surface area contributed by atoms with Crippen molar-refractivity contribution in [2.75, 3.05) is 39.3 Å². The molecule has 0 atom stereocenters. The molecule has 0 saturated carbocycles. The first kappa shape index (κ1) is 14.4. The van der Waals surface area contributed by atoms with Crippen molar-refractivity contribution in [3.63, 3.8) is 0 Å². The van der Waals surface area contributed by atoms with Crippen molar-refractivity contribution < 1.29 is 8.42 Å². The lowest BCUT2D eigenvalue weighted by molar-refractivity contribution is 0.239. The lowest BCUT2D eigenvalue weighted by Crippen LogP contribution is -2.44. The molecule has 1 aliphatic rings. The summed E-state index contributed by atoms with van der Waals surface area (Å²) in [4.78, 5) is 2.56. The van der Waals surface area contributed by atoms with E-state index in [2.05, 4.69) is 20.0 Å². The molecule has 19 heavy (non-hydrogen) atoms. The minimum atomic E-state index is -3.41. The number of hydrogen-bond donors (Lipinski definition) is 2. The van der Waals surface area contributed by atoms with Crippen LogP contribution >= 0.6 is 0 Å². The van der Waals surface area contributed by atoms with Gasteiger partial charge in [0, 0.05) is 46.0 Å². The lowest BCUT2D eigenvalue weighted by atomic mass is 10.3. The Kier molecular flexibility index (Phi) is 4.92. The predicted molar refractivity (Wildman–Crippen MR) is 72.3 cm³/mol. The van der Waals surface area contributed by atoms with E-state index in [1.807, 2.05) is 0 Å². The van der Waals surface area contributed by atoms with Gasteiger partial charge in [-0.05, 0) is 13.0 Å². The van der Waals surface area contributed by atoms with Crippen LogP contribution in [0.2, 0.25) is 0 Å². The monoisotopic (exact) mass is 287 g/mol. The van der Waals surface area contributed by atoms with Gasteiger partial charge in [-0.15, -0.1) is 0 Å². The molecule has 1 aromatic rings. The Morgan fingerprint density at radius 2 is 2.16 bits per heavy atom. The molecule has 1 aliphatic heterocycles. The summed E-state index contributed by atoms with van der Waals surface area (Å²) in [5.74, 6) is 0. The molecule has 2 rings (SSSR count). The highest BCUT2D eigenvalue weighted by Crippen LogP contribution is 2.05. The molecule has 0 radical (unpaired) electrons. The van der Waals surface area contributed by atoms with E-state index in [4.69, 9.17) is 0 Å². The van der Waals surface area contributed by atoms with Crippen LogP contribution in [-0.2, 0) is 17.1 Å². The lowest BCUT2D eigenvalue weighted by Gasteiger charge is -2.26. The van der Waals surface area contributed by atoms with Gasteiger partial charge in [-0.2, -0.15) is 5.10 Å². The SMILES string of the molecule is Cn1cc(S(=O)(=O)NCCCN2CCNCC2)cn1. The van der Waals surface area contributed by atoms with Gasteiger partial charge in [0.25, 0.3) is 0 Å². The van der Waals surface area contributed by atoms with Gasteiger partial charge in [0.2, 0.25) is 10.0 Å². The molecule has 2 N–H and O–H groups in total. The molecule has 108 valence electrons. The van der Waals surface area contributed by atoms with Crippen molar-refractivity contribution in [1.82, 2.24) is 24.7 Å². The molecular formula is C11H21N5O2S. The number of piperazine rings is 1. The van der Waals surface area contributed by atoms with Gasteiger partial charge >= 0.3 is 0 Å². The van der Waals surface area contributed by atoms with Crippen LogP contribution in [0.3, 0.4) is 0 Å². The quantitative estimate of drug-likeness (QED) is 0.656. The molecule has 0 amide bonds. The zero-order valence-electron chi connectivity index (χ0n) is 11.2. The topological polar surface area (TPSA) is 79.3 Å².